The molecule has 0 spiro atoms. The highest BCUT2D eigenvalue weighted by Gasteiger charge is 2.27. The Labute approximate surface area is 181 Å². The first kappa shape index (κ1) is 22.2. The summed E-state index contributed by atoms with van der Waals surface area (Å²) in [5.74, 6) is -0.983. The van der Waals surface area contributed by atoms with Crippen molar-refractivity contribution in [2.75, 3.05) is 10.8 Å². The van der Waals surface area contributed by atoms with Crippen LogP contribution in [0, 0.1) is 12.7 Å². The van der Waals surface area contributed by atoms with Crippen molar-refractivity contribution < 1.29 is 17.6 Å². The molecule has 0 bridgehead atoms. The lowest BCUT2D eigenvalue weighted by Crippen LogP contribution is -2.39. The summed E-state index contributed by atoms with van der Waals surface area (Å²) >= 11 is 0. The highest BCUT2D eigenvalue weighted by atomic mass is 32.2. The average molecular weight is 440 g/mol. The van der Waals surface area contributed by atoms with Gasteiger partial charge in [-0.1, -0.05) is 42.5 Å². The standard InChI is InChI=1S/C23H22FN3O3S/c1-17-7-6-8-21(15-17)27(31(29,30)22-9-4-3-5-10-22)16-23(28)26-25-18(2)19-11-13-20(24)14-12-19/h3-15H,16H2,1-2H3,(H,26,28)/b25-18-. The number of rotatable bonds is 7. The summed E-state index contributed by atoms with van der Waals surface area (Å²) < 4.78 is 40.6. The Morgan fingerprint density at radius 1 is 1.00 bits per heavy atom. The van der Waals surface area contributed by atoms with E-state index in [1.807, 2.05) is 13.0 Å². The van der Waals surface area contributed by atoms with Crippen LogP contribution in [-0.4, -0.2) is 26.6 Å². The first-order chi connectivity index (χ1) is 14.8. The molecular formula is C23H22FN3O3S. The van der Waals surface area contributed by atoms with Crippen LogP contribution in [0.25, 0.3) is 0 Å². The fraction of sp³-hybridized carbons (Fsp3) is 0.130. The van der Waals surface area contributed by atoms with Gasteiger partial charge in [-0.3, -0.25) is 9.10 Å². The molecule has 0 aliphatic carbocycles. The Bertz CT molecular complexity index is 1190. The monoisotopic (exact) mass is 439 g/mol. The van der Waals surface area contributed by atoms with E-state index >= 15 is 0 Å². The number of halogens is 1. The molecule has 3 aromatic rings. The van der Waals surface area contributed by atoms with Crippen molar-refractivity contribution in [1.29, 1.82) is 0 Å². The van der Waals surface area contributed by atoms with Gasteiger partial charge >= 0.3 is 0 Å². The summed E-state index contributed by atoms with van der Waals surface area (Å²) in [5.41, 5.74) is 4.71. The zero-order valence-corrected chi connectivity index (χ0v) is 17.9. The maximum atomic E-state index is 13.2. The molecule has 0 atom stereocenters. The maximum absolute atomic E-state index is 13.2. The van der Waals surface area contributed by atoms with Crippen LogP contribution < -0.4 is 9.73 Å². The molecule has 160 valence electrons. The van der Waals surface area contributed by atoms with E-state index in [1.165, 1.54) is 24.3 Å². The van der Waals surface area contributed by atoms with E-state index in [4.69, 9.17) is 0 Å². The fourth-order valence-corrected chi connectivity index (χ4v) is 4.32. The zero-order valence-electron chi connectivity index (χ0n) is 17.1. The second-order valence-corrected chi connectivity index (χ2v) is 8.77. The van der Waals surface area contributed by atoms with Gasteiger partial charge in [-0.25, -0.2) is 18.2 Å². The van der Waals surface area contributed by atoms with E-state index in [9.17, 15) is 17.6 Å². The average Bonchev–Trinajstić information content (AvgIpc) is 2.76. The molecule has 0 saturated carbocycles. The minimum atomic E-state index is -3.98. The molecule has 6 nitrogen and oxygen atoms in total. The third-order valence-corrected chi connectivity index (χ3v) is 6.31. The van der Waals surface area contributed by atoms with Crippen LogP contribution >= 0.6 is 0 Å². The molecular weight excluding hydrogens is 417 g/mol. The molecule has 0 saturated heterocycles. The first-order valence-electron chi connectivity index (χ1n) is 9.51. The van der Waals surface area contributed by atoms with Gasteiger partial charge < -0.3 is 0 Å². The highest BCUT2D eigenvalue weighted by Crippen LogP contribution is 2.24. The van der Waals surface area contributed by atoms with Gasteiger partial charge in [0.25, 0.3) is 15.9 Å². The predicted octanol–water partition coefficient (Wildman–Crippen LogP) is 3.87. The molecule has 0 unspecified atom stereocenters. The van der Waals surface area contributed by atoms with Gasteiger partial charge in [0.2, 0.25) is 0 Å². The van der Waals surface area contributed by atoms with E-state index in [0.717, 1.165) is 9.87 Å². The lowest BCUT2D eigenvalue weighted by atomic mass is 10.1. The number of hydrogen-bond donors (Lipinski definition) is 1. The van der Waals surface area contributed by atoms with Crippen molar-refractivity contribution >= 4 is 27.3 Å². The Balaban J connectivity index is 1.86. The van der Waals surface area contributed by atoms with Crippen molar-refractivity contribution in [2.24, 2.45) is 5.10 Å². The fourth-order valence-electron chi connectivity index (χ4n) is 2.89. The minimum absolute atomic E-state index is 0.0790. The normalized spacial score (nSPS) is 11.8. The van der Waals surface area contributed by atoms with E-state index in [1.54, 1.807) is 55.5 Å². The van der Waals surface area contributed by atoms with E-state index in [2.05, 4.69) is 10.5 Å². The summed E-state index contributed by atoms with van der Waals surface area (Å²) in [6.07, 6.45) is 0. The molecule has 1 N–H and O–H groups in total. The van der Waals surface area contributed by atoms with Crippen LogP contribution in [0.3, 0.4) is 0 Å². The predicted molar refractivity (Wildman–Crippen MR) is 119 cm³/mol. The molecule has 31 heavy (non-hydrogen) atoms. The van der Waals surface area contributed by atoms with Gasteiger partial charge in [-0.2, -0.15) is 5.10 Å². The van der Waals surface area contributed by atoms with Crippen LogP contribution in [0.15, 0.2) is 88.9 Å². The second-order valence-electron chi connectivity index (χ2n) is 6.90. The molecule has 0 aliphatic heterocycles. The van der Waals surface area contributed by atoms with Crippen molar-refractivity contribution in [2.45, 2.75) is 18.7 Å². The zero-order chi connectivity index (χ0) is 22.4. The topological polar surface area (TPSA) is 78.8 Å². The third kappa shape index (κ3) is 5.55. The number of hydrogen-bond acceptors (Lipinski definition) is 4. The van der Waals surface area contributed by atoms with Gasteiger partial charge in [-0.05, 0) is 61.4 Å². The number of carbonyl (C=O) groups excluding carboxylic acids is 1. The smallest absolute Gasteiger partial charge is 0.264 e. The van der Waals surface area contributed by atoms with Crippen molar-refractivity contribution in [3.63, 3.8) is 0 Å². The molecule has 0 fully saturated rings. The van der Waals surface area contributed by atoms with Crippen LogP contribution in [0.1, 0.15) is 18.1 Å². The Morgan fingerprint density at radius 2 is 1.68 bits per heavy atom. The minimum Gasteiger partial charge on any atom is -0.271 e. The van der Waals surface area contributed by atoms with Crippen molar-refractivity contribution in [3.8, 4) is 0 Å². The molecule has 0 aliphatic rings. The van der Waals surface area contributed by atoms with Crippen LogP contribution in [0.2, 0.25) is 0 Å². The summed E-state index contributed by atoms with van der Waals surface area (Å²) in [7, 11) is -3.98. The van der Waals surface area contributed by atoms with E-state index < -0.39 is 22.5 Å². The number of amides is 1. The Hall–Kier alpha value is -3.52. The van der Waals surface area contributed by atoms with E-state index in [-0.39, 0.29) is 10.7 Å². The van der Waals surface area contributed by atoms with Crippen molar-refractivity contribution in [3.05, 3.63) is 95.8 Å². The van der Waals surface area contributed by atoms with Crippen LogP contribution in [0.5, 0.6) is 0 Å². The summed E-state index contributed by atoms with van der Waals surface area (Å²) in [4.78, 5) is 12.7. The summed E-state index contributed by atoms with van der Waals surface area (Å²) in [6.45, 7) is 3.04. The van der Waals surface area contributed by atoms with E-state index in [0.29, 0.717) is 17.0 Å². The lowest BCUT2D eigenvalue weighted by Gasteiger charge is -2.24. The third-order valence-electron chi connectivity index (χ3n) is 4.52. The number of carbonyl (C=O) groups is 1. The molecule has 0 heterocycles. The number of nitrogens with zero attached hydrogens (tertiary/aromatic N) is 2. The number of hydrazone groups is 1. The number of anilines is 1. The number of benzene rings is 3. The van der Waals surface area contributed by atoms with Crippen LogP contribution in [0.4, 0.5) is 10.1 Å². The largest absolute Gasteiger partial charge is 0.271 e. The van der Waals surface area contributed by atoms with Gasteiger partial charge in [-0.15, -0.1) is 0 Å². The lowest BCUT2D eigenvalue weighted by molar-refractivity contribution is -0.119. The Morgan fingerprint density at radius 3 is 2.32 bits per heavy atom. The molecule has 0 radical (unpaired) electrons. The van der Waals surface area contributed by atoms with Gasteiger partial charge in [0.1, 0.15) is 12.4 Å². The SMILES string of the molecule is C/C(=N/NC(=O)CN(c1cccc(C)c1)S(=O)(=O)c1ccccc1)c1ccc(F)cc1. The summed E-state index contributed by atoms with van der Waals surface area (Å²) in [5, 5.41) is 4.02. The molecule has 8 heteroatoms. The van der Waals surface area contributed by atoms with Gasteiger partial charge in [0.05, 0.1) is 16.3 Å². The molecule has 0 aromatic heterocycles. The van der Waals surface area contributed by atoms with Crippen molar-refractivity contribution in [1.82, 2.24) is 5.43 Å². The maximum Gasteiger partial charge on any atom is 0.264 e. The number of aryl methyl sites for hydroxylation is 1. The number of nitrogens with one attached hydrogen (secondary N) is 1. The number of sulfonamides is 1. The van der Waals surface area contributed by atoms with Gasteiger partial charge in [0.15, 0.2) is 0 Å². The Kier molecular flexibility index (Phi) is 6.81. The molecule has 1 amide bonds. The second kappa shape index (κ2) is 9.53. The molecule has 3 aromatic carbocycles. The molecule has 3 rings (SSSR count). The van der Waals surface area contributed by atoms with Crippen LogP contribution in [-0.2, 0) is 14.8 Å². The van der Waals surface area contributed by atoms with Gasteiger partial charge in [0, 0.05) is 0 Å². The summed E-state index contributed by atoms with van der Waals surface area (Å²) in [6, 6.07) is 20.5. The highest BCUT2D eigenvalue weighted by molar-refractivity contribution is 7.92. The first-order valence-corrected chi connectivity index (χ1v) is 10.9. The quantitative estimate of drug-likeness (QED) is 0.448.